The van der Waals surface area contributed by atoms with Crippen molar-refractivity contribution in [3.8, 4) is 6.07 Å². The molecule has 4 rings (SSSR count). The smallest absolute Gasteiger partial charge is 0.276 e. The zero-order valence-corrected chi connectivity index (χ0v) is 12.8. The minimum Gasteiger partial charge on any atom is -0.306 e. The van der Waals surface area contributed by atoms with E-state index in [-0.39, 0.29) is 11.3 Å². The lowest BCUT2D eigenvalue weighted by Crippen LogP contribution is -2.35. The van der Waals surface area contributed by atoms with Crippen molar-refractivity contribution in [2.24, 2.45) is 0 Å². The molecule has 1 aromatic heterocycles. The van der Waals surface area contributed by atoms with Gasteiger partial charge in [-0.2, -0.15) is 5.26 Å². The van der Waals surface area contributed by atoms with E-state index in [0.29, 0.717) is 11.3 Å². The SMILES string of the molecule is N#Cc1ccc(C(=O)N2CC3(CCCC3)c3ccccc32)nc1. The number of rotatable bonds is 1. The number of anilines is 1. The molecule has 0 saturated heterocycles. The molecule has 1 aliphatic heterocycles. The number of amides is 1. The molecule has 1 fully saturated rings. The second-order valence-corrected chi connectivity index (χ2v) is 6.44. The van der Waals surface area contributed by atoms with Gasteiger partial charge in [0.05, 0.1) is 5.56 Å². The number of nitriles is 1. The van der Waals surface area contributed by atoms with Crippen LogP contribution in [0.4, 0.5) is 5.69 Å². The number of para-hydroxylation sites is 1. The molecule has 2 aliphatic rings. The van der Waals surface area contributed by atoms with E-state index in [2.05, 4.69) is 17.1 Å². The first-order valence-electron chi connectivity index (χ1n) is 8.01. The predicted molar refractivity (Wildman–Crippen MR) is 87.2 cm³/mol. The van der Waals surface area contributed by atoms with Crippen LogP contribution in [0.1, 0.15) is 47.3 Å². The van der Waals surface area contributed by atoms with E-state index < -0.39 is 0 Å². The highest BCUT2D eigenvalue weighted by Crippen LogP contribution is 2.50. The Morgan fingerprint density at radius 2 is 1.96 bits per heavy atom. The zero-order valence-electron chi connectivity index (χ0n) is 12.8. The van der Waals surface area contributed by atoms with Crippen molar-refractivity contribution in [1.29, 1.82) is 5.26 Å². The van der Waals surface area contributed by atoms with Gasteiger partial charge in [0.2, 0.25) is 0 Å². The van der Waals surface area contributed by atoms with Crippen LogP contribution in [0.5, 0.6) is 0 Å². The third kappa shape index (κ3) is 2.12. The van der Waals surface area contributed by atoms with Gasteiger partial charge in [-0.05, 0) is 36.6 Å². The number of aromatic nitrogens is 1. The number of fused-ring (bicyclic) bond motifs is 2. The van der Waals surface area contributed by atoms with Gasteiger partial charge in [-0.3, -0.25) is 4.79 Å². The van der Waals surface area contributed by atoms with E-state index in [4.69, 9.17) is 5.26 Å². The van der Waals surface area contributed by atoms with Crippen molar-refractivity contribution in [3.63, 3.8) is 0 Å². The first-order valence-corrected chi connectivity index (χ1v) is 8.01. The summed E-state index contributed by atoms with van der Waals surface area (Å²) in [6.45, 7) is 0.743. The van der Waals surface area contributed by atoms with Gasteiger partial charge in [0.1, 0.15) is 11.8 Å². The van der Waals surface area contributed by atoms with Crippen LogP contribution in [0.2, 0.25) is 0 Å². The maximum Gasteiger partial charge on any atom is 0.276 e. The fourth-order valence-electron chi connectivity index (χ4n) is 4.02. The summed E-state index contributed by atoms with van der Waals surface area (Å²) in [5.41, 5.74) is 3.31. The van der Waals surface area contributed by atoms with Crippen molar-refractivity contribution in [2.45, 2.75) is 31.1 Å². The van der Waals surface area contributed by atoms with Crippen molar-refractivity contribution < 1.29 is 4.79 Å². The highest BCUT2D eigenvalue weighted by Gasteiger charge is 2.46. The number of carbonyl (C=O) groups is 1. The summed E-state index contributed by atoms with van der Waals surface area (Å²) in [6, 6.07) is 13.6. The maximum absolute atomic E-state index is 12.9. The Bertz CT molecular complexity index is 798. The van der Waals surface area contributed by atoms with Gasteiger partial charge in [-0.15, -0.1) is 0 Å². The van der Waals surface area contributed by atoms with Crippen LogP contribution in [0.3, 0.4) is 0 Å². The number of carbonyl (C=O) groups excluding carboxylic acids is 1. The van der Waals surface area contributed by atoms with Gasteiger partial charge < -0.3 is 4.90 Å². The average molecular weight is 303 g/mol. The molecule has 4 nitrogen and oxygen atoms in total. The molecule has 1 aromatic carbocycles. The summed E-state index contributed by atoms with van der Waals surface area (Å²) in [5.74, 6) is -0.0780. The van der Waals surface area contributed by atoms with Crippen molar-refractivity contribution in [3.05, 3.63) is 59.4 Å². The van der Waals surface area contributed by atoms with E-state index in [1.807, 2.05) is 23.1 Å². The maximum atomic E-state index is 12.9. The number of nitrogens with zero attached hydrogens (tertiary/aromatic N) is 3. The average Bonchev–Trinajstić information content (AvgIpc) is 3.21. The van der Waals surface area contributed by atoms with Crippen LogP contribution in [0.15, 0.2) is 42.6 Å². The first-order chi connectivity index (χ1) is 11.2. The number of hydrogen-bond donors (Lipinski definition) is 0. The van der Waals surface area contributed by atoms with Gasteiger partial charge >= 0.3 is 0 Å². The molecule has 0 bridgehead atoms. The lowest BCUT2D eigenvalue weighted by atomic mass is 9.81. The monoisotopic (exact) mass is 303 g/mol. The quantitative estimate of drug-likeness (QED) is 0.811. The standard InChI is InChI=1S/C19H17N3O/c20-11-14-7-8-16(21-12-14)18(23)22-13-19(9-3-4-10-19)15-5-1-2-6-17(15)22/h1-2,5-8,12H,3-4,9-10,13H2. The molecular weight excluding hydrogens is 286 g/mol. The summed E-state index contributed by atoms with van der Waals surface area (Å²) in [6.07, 6.45) is 6.21. The number of pyridine rings is 1. The van der Waals surface area contributed by atoms with Crippen LogP contribution in [0.25, 0.3) is 0 Å². The number of hydrogen-bond acceptors (Lipinski definition) is 3. The van der Waals surface area contributed by atoms with Gasteiger partial charge in [-0.1, -0.05) is 31.0 Å². The molecule has 23 heavy (non-hydrogen) atoms. The van der Waals surface area contributed by atoms with E-state index in [1.165, 1.54) is 24.6 Å². The van der Waals surface area contributed by atoms with Crippen LogP contribution in [-0.2, 0) is 5.41 Å². The Balaban J connectivity index is 1.72. The molecule has 1 saturated carbocycles. The zero-order chi connectivity index (χ0) is 15.9. The van der Waals surface area contributed by atoms with Crippen LogP contribution >= 0.6 is 0 Å². The van der Waals surface area contributed by atoms with E-state index in [0.717, 1.165) is 25.1 Å². The molecule has 114 valence electrons. The Morgan fingerprint density at radius 1 is 1.17 bits per heavy atom. The Hall–Kier alpha value is -2.67. The normalized spacial score (nSPS) is 18.0. The third-order valence-electron chi connectivity index (χ3n) is 5.14. The topological polar surface area (TPSA) is 57.0 Å². The summed E-state index contributed by atoms with van der Waals surface area (Å²) >= 11 is 0. The largest absolute Gasteiger partial charge is 0.306 e. The molecule has 4 heteroatoms. The first kappa shape index (κ1) is 14.0. The highest BCUT2D eigenvalue weighted by atomic mass is 16.2. The number of benzene rings is 1. The lowest BCUT2D eigenvalue weighted by molar-refractivity contribution is 0.0980. The second kappa shape index (κ2) is 5.20. The predicted octanol–water partition coefficient (Wildman–Crippen LogP) is 3.43. The lowest BCUT2D eigenvalue weighted by Gasteiger charge is -2.24. The molecule has 2 heterocycles. The minimum absolute atomic E-state index is 0.0780. The highest BCUT2D eigenvalue weighted by molar-refractivity contribution is 6.06. The van der Waals surface area contributed by atoms with Crippen molar-refractivity contribution in [2.75, 3.05) is 11.4 Å². The summed E-state index contributed by atoms with van der Waals surface area (Å²) in [5, 5.41) is 8.86. The van der Waals surface area contributed by atoms with Gasteiger partial charge in [-0.25, -0.2) is 4.98 Å². The molecular formula is C19H17N3O. The summed E-state index contributed by atoms with van der Waals surface area (Å²) in [4.78, 5) is 19.0. The van der Waals surface area contributed by atoms with E-state index >= 15 is 0 Å². The molecule has 0 N–H and O–H groups in total. The Labute approximate surface area is 135 Å². The second-order valence-electron chi connectivity index (χ2n) is 6.44. The van der Waals surface area contributed by atoms with E-state index in [9.17, 15) is 4.79 Å². The van der Waals surface area contributed by atoms with Crippen LogP contribution < -0.4 is 4.90 Å². The van der Waals surface area contributed by atoms with Gasteiger partial charge in [0.15, 0.2) is 0 Å². The summed E-state index contributed by atoms with van der Waals surface area (Å²) < 4.78 is 0. The molecule has 0 radical (unpaired) electrons. The van der Waals surface area contributed by atoms with Crippen LogP contribution in [0, 0.1) is 11.3 Å². The van der Waals surface area contributed by atoms with Crippen LogP contribution in [-0.4, -0.2) is 17.4 Å². The Morgan fingerprint density at radius 3 is 2.65 bits per heavy atom. The molecule has 1 amide bonds. The minimum atomic E-state index is -0.0780. The fraction of sp³-hybridized carbons (Fsp3) is 0.316. The Kier molecular flexibility index (Phi) is 3.16. The third-order valence-corrected chi connectivity index (χ3v) is 5.14. The van der Waals surface area contributed by atoms with Gasteiger partial charge in [0, 0.05) is 23.8 Å². The fourth-order valence-corrected chi connectivity index (χ4v) is 4.02. The van der Waals surface area contributed by atoms with Gasteiger partial charge in [0.25, 0.3) is 5.91 Å². The van der Waals surface area contributed by atoms with Crippen molar-refractivity contribution >= 4 is 11.6 Å². The van der Waals surface area contributed by atoms with E-state index in [1.54, 1.807) is 12.1 Å². The molecule has 0 unspecified atom stereocenters. The molecule has 1 spiro atoms. The molecule has 2 aromatic rings. The molecule has 0 atom stereocenters. The molecule has 1 aliphatic carbocycles. The van der Waals surface area contributed by atoms with Crippen molar-refractivity contribution in [1.82, 2.24) is 4.98 Å². The summed E-state index contributed by atoms with van der Waals surface area (Å²) in [7, 11) is 0.